The molecule has 6 N–H and O–H groups in total. The van der Waals surface area contributed by atoms with Gasteiger partial charge in [0.1, 0.15) is 0 Å². The van der Waals surface area contributed by atoms with Gasteiger partial charge in [-0.15, -0.1) is 0 Å². The summed E-state index contributed by atoms with van der Waals surface area (Å²) in [5.74, 6) is 0.379. The monoisotopic (exact) mass is 616 g/mol. The van der Waals surface area contributed by atoms with Gasteiger partial charge in [0.25, 0.3) is 0 Å². The molecule has 0 unspecified atom stereocenters. The molecule has 0 amide bonds. The summed E-state index contributed by atoms with van der Waals surface area (Å²) in [7, 11) is 0. The molecule has 0 saturated heterocycles. The van der Waals surface area contributed by atoms with Crippen molar-refractivity contribution in [2.24, 2.45) is 10.8 Å². The van der Waals surface area contributed by atoms with Crippen LogP contribution in [0.2, 0.25) is 0 Å². The highest BCUT2D eigenvalue weighted by atomic mass is 32.1. The van der Waals surface area contributed by atoms with Crippen LogP contribution in [0.25, 0.3) is 0 Å². The molecule has 14 heteroatoms. The lowest BCUT2D eigenvalue weighted by Gasteiger charge is -2.26. The van der Waals surface area contributed by atoms with Gasteiger partial charge in [-0.2, -0.15) is 0 Å². The van der Waals surface area contributed by atoms with Gasteiger partial charge in [-0.25, -0.2) is 0 Å². The Bertz CT molecular complexity index is 1150. The van der Waals surface area contributed by atoms with E-state index in [0.29, 0.717) is 52.6 Å². The van der Waals surface area contributed by atoms with Gasteiger partial charge in [0.05, 0.1) is 19.1 Å². The summed E-state index contributed by atoms with van der Waals surface area (Å²) < 4.78 is 8.52. The smallest absolute Gasteiger partial charge is 0.210 e. The first kappa shape index (κ1) is 33.0. The zero-order valence-corrected chi connectivity index (χ0v) is 27.1. The average Bonchev–Trinajstić information content (AvgIpc) is 3.27. The van der Waals surface area contributed by atoms with E-state index < -0.39 is 0 Å². The van der Waals surface area contributed by atoms with E-state index >= 15 is 0 Å². The number of rotatable bonds is 14. The number of nitrogens with zero attached hydrogens (tertiary/aromatic N) is 4. The van der Waals surface area contributed by atoms with Crippen molar-refractivity contribution in [3.05, 3.63) is 21.9 Å². The van der Waals surface area contributed by atoms with Gasteiger partial charge >= 0.3 is 0 Å². The molecule has 2 rings (SSSR count). The minimum Gasteiger partial charge on any atom is -0.493 e. The Morgan fingerprint density at radius 3 is 1.38 bits per heavy atom. The molecule has 0 aliphatic rings. The fraction of sp³-hybridized carbons (Fsp3) is 0.680. The van der Waals surface area contributed by atoms with Gasteiger partial charge in [-0.3, -0.25) is 9.13 Å². The van der Waals surface area contributed by atoms with E-state index in [1.807, 2.05) is 23.0 Å². The normalized spacial score (nSPS) is 11.8. The average molecular weight is 617 g/mol. The van der Waals surface area contributed by atoms with Crippen molar-refractivity contribution in [1.29, 1.82) is 0 Å². The zero-order valence-electron chi connectivity index (χ0n) is 23.8. The fourth-order valence-corrected chi connectivity index (χ4v) is 5.19. The van der Waals surface area contributed by atoms with Crippen molar-refractivity contribution < 1.29 is 10.2 Å². The van der Waals surface area contributed by atoms with E-state index in [-0.39, 0.29) is 22.6 Å². The van der Waals surface area contributed by atoms with Crippen LogP contribution >= 0.6 is 48.9 Å². The number of thiocarbonyl (C=S) groups is 2. The van der Waals surface area contributed by atoms with Crippen molar-refractivity contribution >= 4 is 59.1 Å². The minimum absolute atomic E-state index is 0.0974. The Kier molecular flexibility index (Phi) is 12.3. The number of hydrogen-bond donors (Lipinski definition) is 6. The van der Waals surface area contributed by atoms with Gasteiger partial charge in [-0.1, -0.05) is 27.7 Å². The maximum absolute atomic E-state index is 10.2. The highest BCUT2D eigenvalue weighted by Crippen LogP contribution is 2.27. The standard InChI is InChI=1S/C25H44N8O2S4/c1-7-30-13-18(34)32(22(30)38)15-24(3,4)9-11-26-20(36)28-17-29-21(37)27-12-10-25(5,6)16-33-19(35)14-31(8-2)23(33)39/h13-14,34-35H,7-12,15-17H2,1-6H3,(H2,26,28,36)(H2,27,29,37). The van der Waals surface area contributed by atoms with Crippen LogP contribution in [0.1, 0.15) is 54.4 Å². The molecule has 0 radical (unpaired) electrons. The highest BCUT2D eigenvalue weighted by molar-refractivity contribution is 7.80. The van der Waals surface area contributed by atoms with Crippen molar-refractivity contribution in [3.63, 3.8) is 0 Å². The molecule has 220 valence electrons. The van der Waals surface area contributed by atoms with Crippen LogP contribution in [0, 0.1) is 20.4 Å². The maximum atomic E-state index is 10.2. The molecule has 0 fully saturated rings. The molecule has 39 heavy (non-hydrogen) atoms. The third-order valence-corrected chi connectivity index (χ3v) is 8.06. The third kappa shape index (κ3) is 10.1. The molecular formula is C25H44N8O2S4. The quantitative estimate of drug-likeness (QED) is 0.136. The van der Waals surface area contributed by atoms with Crippen molar-refractivity contribution in [1.82, 2.24) is 39.5 Å². The Hall–Kier alpha value is -2.16. The van der Waals surface area contributed by atoms with Gasteiger partial charge in [0, 0.05) is 39.3 Å². The molecule has 0 aromatic carbocycles. The van der Waals surface area contributed by atoms with E-state index in [2.05, 4.69) is 49.0 Å². The SMILES string of the molecule is CCn1cc(O)n(CC(C)(C)CCNC(=S)NCNC(=S)NCCC(C)(C)Cn2c(O)cn(CC)c2=S)c1=S. The number of nitrogens with one attached hydrogen (secondary N) is 4. The van der Waals surface area contributed by atoms with Crippen LogP contribution in [-0.2, 0) is 26.2 Å². The van der Waals surface area contributed by atoms with Crippen LogP contribution in [0.4, 0.5) is 0 Å². The molecule has 2 heterocycles. The summed E-state index contributed by atoms with van der Waals surface area (Å²) in [6.45, 7) is 17.0. The van der Waals surface area contributed by atoms with Crippen LogP contribution in [0.3, 0.4) is 0 Å². The summed E-state index contributed by atoms with van der Waals surface area (Å²) in [5, 5.41) is 34.2. The van der Waals surface area contributed by atoms with Gasteiger partial charge < -0.3 is 40.6 Å². The molecular weight excluding hydrogens is 573 g/mol. The van der Waals surface area contributed by atoms with Crippen LogP contribution in [0.15, 0.2) is 12.4 Å². The summed E-state index contributed by atoms with van der Waals surface area (Å²) in [4.78, 5) is 0. The molecule has 10 nitrogen and oxygen atoms in total. The largest absolute Gasteiger partial charge is 0.493 e. The van der Waals surface area contributed by atoms with Gasteiger partial charge in [-0.05, 0) is 86.4 Å². The first-order valence-corrected chi connectivity index (χ1v) is 14.8. The Morgan fingerprint density at radius 1 is 0.718 bits per heavy atom. The Morgan fingerprint density at radius 2 is 1.08 bits per heavy atom. The molecule has 0 aliphatic carbocycles. The molecule has 2 aromatic rings. The second-order valence-corrected chi connectivity index (χ2v) is 12.7. The first-order valence-electron chi connectivity index (χ1n) is 13.2. The first-order chi connectivity index (χ1) is 18.2. The number of hydrogen-bond acceptors (Lipinski definition) is 6. The Balaban J connectivity index is 1.66. The lowest BCUT2D eigenvalue weighted by molar-refractivity contribution is 0.264. The van der Waals surface area contributed by atoms with E-state index in [1.165, 1.54) is 0 Å². The third-order valence-electron chi connectivity index (χ3n) is 6.58. The second kappa shape index (κ2) is 14.5. The lowest BCUT2D eigenvalue weighted by atomic mass is 9.89. The number of aryl methyl sites for hydroxylation is 2. The number of aromatic hydroxyl groups is 2. The summed E-state index contributed by atoms with van der Waals surface area (Å²) >= 11 is 21.7. The van der Waals surface area contributed by atoms with Gasteiger partial charge in [0.15, 0.2) is 19.8 Å². The van der Waals surface area contributed by atoms with Crippen molar-refractivity contribution in [3.8, 4) is 11.8 Å². The molecule has 0 aliphatic heterocycles. The van der Waals surface area contributed by atoms with Crippen LogP contribution < -0.4 is 21.3 Å². The van der Waals surface area contributed by atoms with E-state index in [9.17, 15) is 10.2 Å². The Labute approximate surface area is 252 Å². The zero-order chi connectivity index (χ0) is 29.4. The fourth-order valence-electron chi connectivity index (χ4n) is 4.16. The van der Waals surface area contributed by atoms with Crippen molar-refractivity contribution in [2.45, 2.75) is 80.6 Å². The van der Waals surface area contributed by atoms with E-state index in [1.54, 1.807) is 21.5 Å². The molecule has 0 atom stereocenters. The van der Waals surface area contributed by atoms with E-state index in [0.717, 1.165) is 25.9 Å². The second-order valence-electron chi connectivity index (χ2n) is 11.2. The molecule has 0 saturated carbocycles. The van der Waals surface area contributed by atoms with Crippen LogP contribution in [-0.4, -0.2) is 58.5 Å². The minimum atomic E-state index is -0.0974. The maximum Gasteiger partial charge on any atom is 0.210 e. The molecule has 0 spiro atoms. The summed E-state index contributed by atoms with van der Waals surface area (Å²) in [6, 6.07) is 0. The highest BCUT2D eigenvalue weighted by Gasteiger charge is 2.22. The topological polar surface area (TPSA) is 108 Å². The molecule has 0 bridgehead atoms. The predicted octanol–water partition coefficient (Wildman–Crippen LogP) is 4.22. The lowest BCUT2D eigenvalue weighted by Crippen LogP contribution is -2.46. The van der Waals surface area contributed by atoms with E-state index in [4.69, 9.17) is 48.9 Å². The summed E-state index contributed by atoms with van der Waals surface area (Å²) in [5.41, 5.74) is -0.195. The number of aromatic nitrogens is 4. The number of imidazole rings is 2. The molecule has 2 aromatic heterocycles. The van der Waals surface area contributed by atoms with Crippen molar-refractivity contribution in [2.75, 3.05) is 19.8 Å². The predicted molar refractivity (Wildman–Crippen MR) is 170 cm³/mol. The van der Waals surface area contributed by atoms with Gasteiger partial charge in [0.2, 0.25) is 11.8 Å². The van der Waals surface area contributed by atoms with Crippen LogP contribution in [0.5, 0.6) is 11.8 Å². The summed E-state index contributed by atoms with van der Waals surface area (Å²) in [6.07, 6.45) is 5.03.